The summed E-state index contributed by atoms with van der Waals surface area (Å²) in [4.78, 5) is 11.9. The number of thiophene rings is 1. The SMILES string of the molecule is COC(=O)c1sc2ccccc2c1S(=O)(=O)Nc1cc(F)ccc1C. The maximum Gasteiger partial charge on any atom is 0.349 e. The molecule has 0 amide bonds. The van der Waals surface area contributed by atoms with E-state index in [1.54, 1.807) is 31.2 Å². The lowest BCUT2D eigenvalue weighted by molar-refractivity contribution is 0.0602. The van der Waals surface area contributed by atoms with Crippen molar-refractivity contribution in [3.8, 4) is 0 Å². The third-order valence-corrected chi connectivity index (χ3v) is 6.36. The molecule has 1 N–H and O–H groups in total. The van der Waals surface area contributed by atoms with Gasteiger partial charge in [-0.15, -0.1) is 11.3 Å². The van der Waals surface area contributed by atoms with Gasteiger partial charge in [-0.25, -0.2) is 17.6 Å². The summed E-state index contributed by atoms with van der Waals surface area (Å²) in [5, 5.41) is 0.412. The number of aryl methyl sites for hydroxylation is 1. The van der Waals surface area contributed by atoms with Crippen LogP contribution in [0, 0.1) is 12.7 Å². The van der Waals surface area contributed by atoms with E-state index in [4.69, 9.17) is 4.74 Å². The fourth-order valence-corrected chi connectivity index (χ4v) is 5.36. The van der Waals surface area contributed by atoms with Crippen molar-refractivity contribution >= 4 is 43.1 Å². The second-order valence-electron chi connectivity index (χ2n) is 5.31. The molecule has 3 rings (SSSR count). The maximum atomic E-state index is 13.5. The molecule has 1 heterocycles. The molecule has 0 atom stereocenters. The van der Waals surface area contributed by atoms with Crippen molar-refractivity contribution in [2.45, 2.75) is 11.8 Å². The van der Waals surface area contributed by atoms with Crippen molar-refractivity contribution < 1.29 is 22.3 Å². The Morgan fingerprint density at radius 3 is 2.64 bits per heavy atom. The van der Waals surface area contributed by atoms with Crippen LogP contribution in [0.4, 0.5) is 10.1 Å². The van der Waals surface area contributed by atoms with E-state index in [1.165, 1.54) is 19.2 Å². The number of benzene rings is 2. The number of sulfonamides is 1. The Labute approximate surface area is 148 Å². The molecule has 0 bridgehead atoms. The zero-order valence-corrected chi connectivity index (χ0v) is 15.0. The molecule has 5 nitrogen and oxygen atoms in total. The molecular weight excluding hydrogens is 365 g/mol. The van der Waals surface area contributed by atoms with Gasteiger partial charge in [0.1, 0.15) is 15.6 Å². The van der Waals surface area contributed by atoms with Crippen LogP contribution in [0.15, 0.2) is 47.4 Å². The summed E-state index contributed by atoms with van der Waals surface area (Å²) >= 11 is 1.03. The number of methoxy groups -OCH3 is 1. The largest absolute Gasteiger partial charge is 0.465 e. The summed E-state index contributed by atoms with van der Waals surface area (Å²) in [6, 6.07) is 10.6. The Morgan fingerprint density at radius 1 is 1.20 bits per heavy atom. The summed E-state index contributed by atoms with van der Waals surface area (Å²) in [6.07, 6.45) is 0. The molecule has 0 aliphatic heterocycles. The second-order valence-corrected chi connectivity index (χ2v) is 7.98. The summed E-state index contributed by atoms with van der Waals surface area (Å²) in [5.41, 5.74) is 0.676. The number of fused-ring (bicyclic) bond motifs is 1. The predicted molar refractivity (Wildman–Crippen MR) is 95.1 cm³/mol. The zero-order valence-electron chi connectivity index (χ0n) is 13.4. The lowest BCUT2D eigenvalue weighted by atomic mass is 10.2. The molecule has 8 heteroatoms. The predicted octanol–water partition coefficient (Wildman–Crippen LogP) is 3.94. The van der Waals surface area contributed by atoms with E-state index < -0.39 is 21.8 Å². The van der Waals surface area contributed by atoms with Gasteiger partial charge in [0.05, 0.1) is 12.8 Å². The van der Waals surface area contributed by atoms with Crippen molar-refractivity contribution in [3.63, 3.8) is 0 Å². The number of anilines is 1. The Kier molecular flexibility index (Phi) is 4.49. The van der Waals surface area contributed by atoms with Crippen LogP contribution in [0.5, 0.6) is 0 Å². The van der Waals surface area contributed by atoms with Crippen LogP contribution in [-0.2, 0) is 14.8 Å². The van der Waals surface area contributed by atoms with E-state index >= 15 is 0 Å². The smallest absolute Gasteiger partial charge is 0.349 e. The molecule has 1 aromatic heterocycles. The fraction of sp³-hybridized carbons (Fsp3) is 0.118. The summed E-state index contributed by atoms with van der Waals surface area (Å²) in [6.45, 7) is 1.66. The third-order valence-electron chi connectivity index (χ3n) is 3.63. The Morgan fingerprint density at radius 2 is 1.92 bits per heavy atom. The van der Waals surface area contributed by atoms with Gasteiger partial charge in [0.25, 0.3) is 10.0 Å². The molecule has 130 valence electrons. The molecule has 0 saturated heterocycles. The van der Waals surface area contributed by atoms with Gasteiger partial charge in [-0.05, 0) is 30.7 Å². The second kappa shape index (κ2) is 6.45. The van der Waals surface area contributed by atoms with Gasteiger partial charge in [-0.3, -0.25) is 4.72 Å². The average molecular weight is 379 g/mol. The topological polar surface area (TPSA) is 72.5 Å². The number of carbonyl (C=O) groups excluding carboxylic acids is 1. The minimum absolute atomic E-state index is 0.0229. The quantitative estimate of drug-likeness (QED) is 0.697. The molecule has 2 aromatic carbocycles. The Bertz CT molecular complexity index is 1070. The van der Waals surface area contributed by atoms with Gasteiger partial charge in [0.15, 0.2) is 0 Å². The number of carbonyl (C=O) groups is 1. The van der Waals surface area contributed by atoms with E-state index in [9.17, 15) is 17.6 Å². The van der Waals surface area contributed by atoms with Gasteiger partial charge < -0.3 is 4.74 Å². The van der Waals surface area contributed by atoms with Crippen molar-refractivity contribution in [1.29, 1.82) is 0 Å². The molecular formula is C17H14FNO4S2. The van der Waals surface area contributed by atoms with Crippen LogP contribution < -0.4 is 4.72 Å². The standard InChI is InChI=1S/C17H14FNO4S2/c1-10-7-8-11(18)9-13(10)19-25(21,22)16-12-5-3-4-6-14(12)24-15(16)17(20)23-2/h3-9,19H,1-2H3. The average Bonchev–Trinajstić information content (AvgIpc) is 2.97. The number of rotatable bonds is 4. The number of esters is 1. The Balaban J connectivity index is 2.20. The number of hydrogen-bond donors (Lipinski definition) is 1. The number of nitrogens with one attached hydrogen (secondary N) is 1. The first-order chi connectivity index (χ1) is 11.8. The zero-order chi connectivity index (χ0) is 18.2. The molecule has 0 fully saturated rings. The van der Waals surface area contributed by atoms with Crippen molar-refractivity contribution in [1.82, 2.24) is 0 Å². The molecule has 25 heavy (non-hydrogen) atoms. The number of halogens is 1. The van der Waals surface area contributed by atoms with Gasteiger partial charge in [-0.2, -0.15) is 0 Å². The van der Waals surface area contributed by atoms with Gasteiger partial charge in [-0.1, -0.05) is 24.3 Å². The maximum absolute atomic E-state index is 13.5. The van der Waals surface area contributed by atoms with E-state index in [-0.39, 0.29) is 15.5 Å². The summed E-state index contributed by atoms with van der Waals surface area (Å²) in [7, 11) is -2.94. The van der Waals surface area contributed by atoms with Crippen molar-refractivity contribution in [2.75, 3.05) is 11.8 Å². The molecule has 3 aromatic rings. The number of hydrogen-bond acceptors (Lipinski definition) is 5. The highest BCUT2D eigenvalue weighted by Crippen LogP contribution is 2.36. The highest BCUT2D eigenvalue weighted by molar-refractivity contribution is 7.93. The molecule has 0 spiro atoms. The molecule has 0 unspecified atom stereocenters. The molecule has 0 saturated carbocycles. The lowest BCUT2D eigenvalue weighted by Gasteiger charge is -2.11. The fourth-order valence-electron chi connectivity index (χ4n) is 2.42. The van der Waals surface area contributed by atoms with Gasteiger partial charge in [0.2, 0.25) is 0 Å². The summed E-state index contributed by atoms with van der Waals surface area (Å²) < 4.78 is 47.1. The van der Waals surface area contributed by atoms with Crippen LogP contribution in [0.25, 0.3) is 10.1 Å². The normalized spacial score (nSPS) is 11.5. The monoisotopic (exact) mass is 379 g/mol. The van der Waals surface area contributed by atoms with E-state index in [0.717, 1.165) is 17.4 Å². The highest BCUT2D eigenvalue weighted by Gasteiger charge is 2.29. The highest BCUT2D eigenvalue weighted by atomic mass is 32.2. The minimum atomic E-state index is -4.13. The van der Waals surface area contributed by atoms with E-state index in [1.807, 2.05) is 0 Å². The lowest BCUT2D eigenvalue weighted by Crippen LogP contribution is -2.16. The van der Waals surface area contributed by atoms with E-state index in [0.29, 0.717) is 15.6 Å². The Hall–Kier alpha value is -2.45. The van der Waals surface area contributed by atoms with E-state index in [2.05, 4.69) is 4.72 Å². The first-order valence-electron chi connectivity index (χ1n) is 7.22. The summed E-state index contributed by atoms with van der Waals surface area (Å²) in [5.74, 6) is -1.30. The van der Waals surface area contributed by atoms with Crippen molar-refractivity contribution in [2.24, 2.45) is 0 Å². The van der Waals surface area contributed by atoms with Gasteiger partial charge in [0, 0.05) is 10.1 Å². The van der Waals surface area contributed by atoms with Crippen LogP contribution in [0.1, 0.15) is 15.2 Å². The molecule has 0 aliphatic rings. The first kappa shape index (κ1) is 17.4. The van der Waals surface area contributed by atoms with Crippen molar-refractivity contribution in [3.05, 3.63) is 58.7 Å². The third kappa shape index (κ3) is 3.22. The molecule has 0 radical (unpaired) electrons. The minimum Gasteiger partial charge on any atom is -0.465 e. The van der Waals surface area contributed by atoms with Gasteiger partial charge >= 0.3 is 5.97 Å². The van der Waals surface area contributed by atoms with Crippen LogP contribution in [0.3, 0.4) is 0 Å². The first-order valence-corrected chi connectivity index (χ1v) is 9.52. The molecule has 0 aliphatic carbocycles. The van der Waals surface area contributed by atoms with Crippen LogP contribution >= 0.6 is 11.3 Å². The van der Waals surface area contributed by atoms with Crippen LogP contribution in [0.2, 0.25) is 0 Å². The number of ether oxygens (including phenoxy) is 1. The van der Waals surface area contributed by atoms with Crippen LogP contribution in [-0.4, -0.2) is 21.5 Å².